The number of benzene rings is 3. The number of rotatable bonds is 4. The Bertz CT molecular complexity index is 1090. The van der Waals surface area contributed by atoms with E-state index >= 15 is 0 Å². The molecule has 2 amide bonds. The molecule has 3 aromatic rings. The van der Waals surface area contributed by atoms with Gasteiger partial charge in [-0.2, -0.15) is 0 Å². The average Bonchev–Trinajstić information content (AvgIpc) is 3.05. The van der Waals surface area contributed by atoms with Crippen LogP contribution < -0.4 is 10.7 Å². The van der Waals surface area contributed by atoms with Gasteiger partial charge in [0.2, 0.25) is 12.3 Å². The molecule has 1 saturated heterocycles. The van der Waals surface area contributed by atoms with Crippen LogP contribution in [0, 0.1) is 13.8 Å². The van der Waals surface area contributed by atoms with E-state index in [1.165, 1.54) is 5.56 Å². The van der Waals surface area contributed by atoms with E-state index in [1.807, 2.05) is 74.7 Å². The molecule has 150 valence electrons. The smallest absolute Gasteiger partial charge is 0.304 e. The summed E-state index contributed by atoms with van der Waals surface area (Å²) in [5.74, 6) is -0.515. The van der Waals surface area contributed by atoms with Gasteiger partial charge in [0.25, 0.3) is 5.91 Å². The number of amides is 2. The molecule has 3 aromatic carbocycles. The molecular formula is C25H24N3O2+. The number of aryl methyl sites for hydroxylation is 2. The second kappa shape index (κ2) is 8.33. The van der Waals surface area contributed by atoms with Crippen molar-refractivity contribution in [3.63, 3.8) is 0 Å². The Labute approximate surface area is 176 Å². The molecule has 30 heavy (non-hydrogen) atoms. The van der Waals surface area contributed by atoms with Crippen molar-refractivity contribution < 1.29 is 14.3 Å². The van der Waals surface area contributed by atoms with Crippen LogP contribution in [0.1, 0.15) is 38.7 Å². The SMILES string of the molecule is Cc1ccc(/C=[N+]2\NC(=O)[C@@H](NC(=O)c3ccccc3)[C@H]2c2ccc(C)cc2)cc1. The number of hydrogen-bond acceptors (Lipinski definition) is 2. The zero-order chi connectivity index (χ0) is 21.1. The first-order chi connectivity index (χ1) is 14.5. The van der Waals surface area contributed by atoms with Crippen molar-refractivity contribution in [1.29, 1.82) is 0 Å². The summed E-state index contributed by atoms with van der Waals surface area (Å²) >= 11 is 0. The molecule has 4 rings (SSSR count). The third kappa shape index (κ3) is 4.15. The quantitative estimate of drug-likeness (QED) is 0.663. The van der Waals surface area contributed by atoms with Crippen LogP contribution in [0.5, 0.6) is 0 Å². The Morgan fingerprint density at radius 3 is 2.13 bits per heavy atom. The minimum absolute atomic E-state index is 0.242. The molecule has 0 unspecified atom stereocenters. The molecule has 2 atom stereocenters. The maximum absolute atomic E-state index is 12.9. The lowest BCUT2D eigenvalue weighted by Crippen LogP contribution is -2.42. The molecule has 0 spiro atoms. The Kier molecular flexibility index (Phi) is 5.44. The highest BCUT2D eigenvalue weighted by atomic mass is 16.2. The van der Waals surface area contributed by atoms with E-state index in [9.17, 15) is 9.59 Å². The van der Waals surface area contributed by atoms with Gasteiger partial charge in [-0.15, -0.1) is 10.1 Å². The van der Waals surface area contributed by atoms with Crippen LogP contribution in [0.15, 0.2) is 78.9 Å². The monoisotopic (exact) mass is 398 g/mol. The van der Waals surface area contributed by atoms with Crippen LogP contribution in [0.25, 0.3) is 0 Å². The molecule has 0 bridgehead atoms. The number of hydrazine groups is 1. The highest BCUT2D eigenvalue weighted by Gasteiger charge is 2.47. The van der Waals surface area contributed by atoms with Gasteiger partial charge < -0.3 is 5.32 Å². The number of carbonyl (C=O) groups is 2. The first-order valence-electron chi connectivity index (χ1n) is 9.94. The van der Waals surface area contributed by atoms with E-state index in [-0.39, 0.29) is 17.9 Å². The normalized spacial score (nSPS) is 19.5. The number of hydrazone groups is 1. The molecular weight excluding hydrogens is 374 g/mol. The number of hydrogen-bond donors (Lipinski definition) is 2. The lowest BCUT2D eigenvalue weighted by molar-refractivity contribution is -0.596. The van der Waals surface area contributed by atoms with Crippen LogP contribution in [0.3, 0.4) is 0 Å². The topological polar surface area (TPSA) is 61.2 Å². The number of nitrogens with zero attached hydrogens (tertiary/aromatic N) is 1. The van der Waals surface area contributed by atoms with Crippen molar-refractivity contribution in [2.45, 2.75) is 25.9 Å². The molecule has 0 aromatic heterocycles. The lowest BCUT2D eigenvalue weighted by atomic mass is 9.98. The predicted molar refractivity (Wildman–Crippen MR) is 116 cm³/mol. The highest BCUT2D eigenvalue weighted by Crippen LogP contribution is 2.26. The van der Waals surface area contributed by atoms with Crippen molar-refractivity contribution in [3.05, 3.63) is 107 Å². The first-order valence-corrected chi connectivity index (χ1v) is 9.94. The summed E-state index contributed by atoms with van der Waals surface area (Å²) in [5.41, 5.74) is 7.65. The van der Waals surface area contributed by atoms with Gasteiger partial charge in [-0.3, -0.25) is 9.59 Å². The van der Waals surface area contributed by atoms with E-state index in [2.05, 4.69) is 10.7 Å². The fourth-order valence-electron chi connectivity index (χ4n) is 3.57. The Balaban J connectivity index is 1.70. The zero-order valence-electron chi connectivity index (χ0n) is 17.0. The van der Waals surface area contributed by atoms with E-state index in [1.54, 1.807) is 28.9 Å². The summed E-state index contributed by atoms with van der Waals surface area (Å²) < 4.78 is 1.79. The van der Waals surface area contributed by atoms with Gasteiger partial charge in [0.05, 0.1) is 0 Å². The molecule has 0 saturated carbocycles. The van der Waals surface area contributed by atoms with Crippen LogP contribution in [-0.4, -0.2) is 28.8 Å². The summed E-state index contributed by atoms with van der Waals surface area (Å²) in [6.07, 6.45) is 1.90. The molecule has 1 aliphatic rings. The standard InChI is InChI=1S/C25H23N3O2/c1-17-8-12-19(13-9-17)16-28-23(20-14-10-18(2)11-15-20)22(25(30)27-28)26-24(29)21-6-4-3-5-7-21/h3-16,22-23H,1-2H3,(H-,26,27,29,30)/p+1/b28-16-/t22-,23+/m0/s1. The molecule has 1 heterocycles. The van der Waals surface area contributed by atoms with Crippen molar-refractivity contribution in [3.8, 4) is 0 Å². The van der Waals surface area contributed by atoms with Gasteiger partial charge in [-0.05, 0) is 38.1 Å². The molecule has 1 aliphatic heterocycles. The Morgan fingerprint density at radius 2 is 1.50 bits per heavy atom. The Hall–Kier alpha value is -3.73. The fourth-order valence-corrected chi connectivity index (χ4v) is 3.57. The van der Waals surface area contributed by atoms with Crippen molar-refractivity contribution >= 4 is 18.0 Å². The third-order valence-electron chi connectivity index (χ3n) is 5.24. The molecule has 0 aliphatic carbocycles. The highest BCUT2D eigenvalue weighted by molar-refractivity contribution is 5.98. The van der Waals surface area contributed by atoms with Crippen LogP contribution in [0.2, 0.25) is 0 Å². The Morgan fingerprint density at radius 1 is 0.900 bits per heavy atom. The summed E-state index contributed by atoms with van der Waals surface area (Å²) in [4.78, 5) is 25.6. The van der Waals surface area contributed by atoms with Gasteiger partial charge in [0.1, 0.15) is 0 Å². The van der Waals surface area contributed by atoms with Crippen LogP contribution in [0.4, 0.5) is 0 Å². The second-order valence-corrected chi connectivity index (χ2v) is 7.60. The summed E-state index contributed by atoms with van der Waals surface area (Å²) in [6, 6.07) is 23.9. The van der Waals surface area contributed by atoms with Crippen LogP contribution in [-0.2, 0) is 4.79 Å². The summed E-state index contributed by atoms with van der Waals surface area (Å²) in [6.45, 7) is 4.05. The second-order valence-electron chi connectivity index (χ2n) is 7.60. The van der Waals surface area contributed by atoms with Crippen molar-refractivity contribution in [2.75, 3.05) is 0 Å². The molecule has 5 heteroatoms. The first kappa shape index (κ1) is 19.6. The maximum atomic E-state index is 12.9. The maximum Gasteiger partial charge on any atom is 0.304 e. The van der Waals surface area contributed by atoms with Gasteiger partial charge in [0, 0.05) is 16.7 Å². The third-order valence-corrected chi connectivity index (χ3v) is 5.24. The van der Waals surface area contributed by atoms with Crippen molar-refractivity contribution in [2.24, 2.45) is 0 Å². The predicted octanol–water partition coefficient (Wildman–Crippen LogP) is 3.32. The van der Waals surface area contributed by atoms with Gasteiger partial charge in [0.15, 0.2) is 6.04 Å². The molecule has 5 nitrogen and oxygen atoms in total. The van der Waals surface area contributed by atoms with Gasteiger partial charge in [-0.1, -0.05) is 65.7 Å². The zero-order valence-corrected chi connectivity index (χ0v) is 17.0. The number of carbonyl (C=O) groups excluding carboxylic acids is 2. The van der Waals surface area contributed by atoms with Crippen LogP contribution >= 0.6 is 0 Å². The fraction of sp³-hybridized carbons (Fsp3) is 0.160. The minimum atomic E-state index is -0.720. The van der Waals surface area contributed by atoms with E-state index < -0.39 is 6.04 Å². The average molecular weight is 398 g/mol. The van der Waals surface area contributed by atoms with E-state index in [0.29, 0.717) is 5.56 Å². The van der Waals surface area contributed by atoms with E-state index in [0.717, 1.165) is 16.7 Å². The largest absolute Gasteiger partial charge is 0.334 e. The number of nitrogens with one attached hydrogen (secondary N) is 2. The molecule has 0 radical (unpaired) electrons. The van der Waals surface area contributed by atoms with Gasteiger partial charge >= 0.3 is 5.91 Å². The minimum Gasteiger partial charge on any atom is -0.334 e. The molecule has 1 fully saturated rings. The molecule has 2 N–H and O–H groups in total. The van der Waals surface area contributed by atoms with Crippen molar-refractivity contribution in [1.82, 2.24) is 10.7 Å². The summed E-state index contributed by atoms with van der Waals surface area (Å²) in [7, 11) is 0. The summed E-state index contributed by atoms with van der Waals surface area (Å²) in [5, 5.41) is 2.92. The van der Waals surface area contributed by atoms with Gasteiger partial charge in [-0.25, -0.2) is 0 Å². The lowest BCUT2D eigenvalue weighted by Gasteiger charge is -2.15. The van der Waals surface area contributed by atoms with E-state index in [4.69, 9.17) is 0 Å².